The van der Waals surface area contributed by atoms with Crippen LogP contribution in [0.25, 0.3) is 0 Å². The molecule has 17 heteroatoms. The number of ether oxygens (including phenoxy) is 2. The molecule has 4 aliphatic rings. The van der Waals surface area contributed by atoms with Crippen LogP contribution >= 0.6 is 0 Å². The summed E-state index contributed by atoms with van der Waals surface area (Å²) in [5, 5.41) is 27.9. The lowest BCUT2D eigenvalue weighted by atomic mass is 9.88. The lowest BCUT2D eigenvalue weighted by Gasteiger charge is -2.42. The van der Waals surface area contributed by atoms with E-state index in [1.54, 1.807) is 39.0 Å². The fourth-order valence-corrected chi connectivity index (χ4v) is 10.9. The van der Waals surface area contributed by atoms with Gasteiger partial charge >= 0.3 is 11.9 Å². The average Bonchev–Trinajstić information content (AvgIpc) is 3.38. The first-order chi connectivity index (χ1) is 35.2. The van der Waals surface area contributed by atoms with Crippen molar-refractivity contribution in [3.05, 3.63) is 109 Å². The van der Waals surface area contributed by atoms with Gasteiger partial charge in [0.2, 0.25) is 11.8 Å². The summed E-state index contributed by atoms with van der Waals surface area (Å²) in [6, 6.07) is 17.1. The Bertz CT molecular complexity index is 2590. The number of H-pyrrole nitrogens is 2. The lowest BCUT2D eigenvalue weighted by Crippen LogP contribution is -2.48. The van der Waals surface area contributed by atoms with Gasteiger partial charge in [-0.3, -0.25) is 29.1 Å². The summed E-state index contributed by atoms with van der Waals surface area (Å²) in [5.74, 6) is -2.32. The van der Waals surface area contributed by atoms with Gasteiger partial charge in [0.1, 0.15) is 11.1 Å². The first-order valence-corrected chi connectivity index (χ1v) is 26.5. The van der Waals surface area contributed by atoms with Crippen molar-refractivity contribution in [2.24, 2.45) is 10.2 Å². The summed E-state index contributed by atoms with van der Waals surface area (Å²) in [4.78, 5) is 83.0. The number of nitrogens with two attached hydrogens (primary N) is 1. The molecule has 6 N–H and O–H groups in total. The predicted molar refractivity (Wildman–Crippen MR) is 280 cm³/mol. The highest BCUT2D eigenvalue weighted by molar-refractivity contribution is 6.00. The van der Waals surface area contributed by atoms with Gasteiger partial charge in [0.15, 0.2) is 5.69 Å². The maximum Gasteiger partial charge on any atom is 0.343 e. The molecule has 2 aromatic heterocycles. The Morgan fingerprint density at radius 2 is 1.00 bits per heavy atom. The third-order valence-electron chi connectivity index (χ3n) is 14.5. The molecule has 0 atom stereocenters. The van der Waals surface area contributed by atoms with Crippen LogP contribution in [0.1, 0.15) is 195 Å². The topological polar surface area (TPSA) is 250 Å². The second kappa shape index (κ2) is 27.3. The minimum absolute atomic E-state index is 0.00597. The van der Waals surface area contributed by atoms with Crippen molar-refractivity contribution in [3.63, 3.8) is 0 Å². The van der Waals surface area contributed by atoms with Gasteiger partial charge in [-0.05, 0) is 109 Å². The van der Waals surface area contributed by atoms with Gasteiger partial charge in [0, 0.05) is 41.5 Å². The molecule has 17 nitrogen and oxygen atoms in total. The molecule has 0 saturated heterocycles. The summed E-state index contributed by atoms with van der Waals surface area (Å²) in [5.41, 5.74) is 7.29. The number of rotatable bonds is 12. The number of esters is 2. The number of aromatic hydroxyl groups is 2. The number of hydrogen-bond donors (Lipinski definition) is 5. The highest BCUT2D eigenvalue weighted by atomic mass is 16.5. The van der Waals surface area contributed by atoms with Crippen LogP contribution in [0, 0.1) is 13.8 Å². The molecule has 4 aliphatic carbocycles. The van der Waals surface area contributed by atoms with Crippen LogP contribution in [-0.2, 0) is 9.47 Å². The second-order valence-electron chi connectivity index (χ2n) is 19.5. The fourth-order valence-electron chi connectivity index (χ4n) is 10.9. The number of nitrogen functional groups attached to an aromatic ring is 1. The van der Waals surface area contributed by atoms with Crippen LogP contribution in [0.15, 0.2) is 74.4 Å². The molecule has 4 fully saturated rings. The van der Waals surface area contributed by atoms with Crippen molar-refractivity contribution in [1.82, 2.24) is 19.8 Å². The molecule has 0 bridgehead atoms. The number of aromatic amines is 2. The number of azo groups is 1. The summed E-state index contributed by atoms with van der Waals surface area (Å²) < 4.78 is 9.70. The molecule has 394 valence electrons. The van der Waals surface area contributed by atoms with Crippen molar-refractivity contribution in [2.75, 3.05) is 18.9 Å². The third-order valence-corrected chi connectivity index (χ3v) is 14.5. The molecule has 73 heavy (non-hydrogen) atoms. The van der Waals surface area contributed by atoms with Crippen molar-refractivity contribution in [2.45, 2.75) is 180 Å². The molecule has 4 aromatic rings. The number of hydrogen-bond acceptors (Lipinski definition) is 13. The second-order valence-corrected chi connectivity index (χ2v) is 19.5. The standard InChI is InChI=1S/C28H36N4O5.C19H28N2O.C9H11NO4/c1-3-37-28(36)23-18(2)24(26(34)29-25(23)33)31-30-22-17-11-10-16-21(22)27(35)32(19-12-6-4-7-13-19)20-14-8-5-9-15-20;20-18-14-8-7-13-17(18)19(22)21(15-9-3-1-4-10-15)16-11-5-2-6-12-16;1-3-14-9(13)7-5(2)4-6(11)10-8(7)12/h10-11,16-17,19-20H,3-9,12-15H2,1-2H3,(H2,29,33,34);7-8,13-16H,1-6,9-12,20H2;4H,3H2,1-2H3,(H2,10,11,12). The molecule has 4 saturated carbocycles. The van der Waals surface area contributed by atoms with E-state index in [4.69, 9.17) is 15.2 Å². The van der Waals surface area contributed by atoms with E-state index in [0.717, 1.165) is 77.0 Å². The molecule has 8 rings (SSSR count). The van der Waals surface area contributed by atoms with E-state index in [0.29, 0.717) is 40.1 Å². The maximum absolute atomic E-state index is 14.0. The van der Waals surface area contributed by atoms with Crippen LogP contribution in [0.5, 0.6) is 11.8 Å². The number of amides is 2. The Labute approximate surface area is 428 Å². The summed E-state index contributed by atoms with van der Waals surface area (Å²) in [6.07, 6.45) is 23.3. The monoisotopic (exact) mass is 1010 g/mol. The number of aromatic nitrogens is 2. The molecule has 0 radical (unpaired) electrons. The first kappa shape index (κ1) is 55.5. The Kier molecular flexibility index (Phi) is 20.8. The Morgan fingerprint density at radius 1 is 0.589 bits per heavy atom. The fraction of sp³-hybridized carbons (Fsp3) is 0.536. The number of nitrogens with one attached hydrogen (secondary N) is 2. The van der Waals surface area contributed by atoms with Gasteiger partial charge in [-0.25, -0.2) is 9.59 Å². The van der Waals surface area contributed by atoms with E-state index in [1.165, 1.54) is 64.4 Å². The minimum atomic E-state index is -0.767. The van der Waals surface area contributed by atoms with Crippen molar-refractivity contribution in [1.29, 1.82) is 0 Å². The van der Waals surface area contributed by atoms with Gasteiger partial charge in [-0.1, -0.05) is 101 Å². The molecule has 2 amide bonds. The van der Waals surface area contributed by atoms with E-state index in [-0.39, 0.29) is 59.5 Å². The highest BCUT2D eigenvalue weighted by Crippen LogP contribution is 2.35. The average molecular weight is 1010 g/mol. The van der Waals surface area contributed by atoms with Crippen molar-refractivity contribution >= 4 is 40.8 Å². The first-order valence-electron chi connectivity index (χ1n) is 26.5. The Balaban J connectivity index is 0.000000203. The van der Waals surface area contributed by atoms with E-state index in [9.17, 15) is 39.0 Å². The number of pyridine rings is 2. The molecule has 0 aliphatic heterocycles. The number of nitrogens with zero attached hydrogens (tertiary/aromatic N) is 4. The number of anilines is 1. The molecule has 2 aromatic carbocycles. The van der Waals surface area contributed by atoms with E-state index in [2.05, 4.69) is 30.0 Å². The quantitative estimate of drug-likeness (QED) is 0.0507. The van der Waals surface area contributed by atoms with Gasteiger partial charge in [0.25, 0.3) is 22.9 Å². The van der Waals surface area contributed by atoms with Gasteiger partial charge in [-0.2, -0.15) is 0 Å². The van der Waals surface area contributed by atoms with Crippen molar-refractivity contribution in [3.8, 4) is 11.8 Å². The number of carbonyl (C=O) groups excluding carboxylic acids is 4. The zero-order chi connectivity index (χ0) is 52.4. The third kappa shape index (κ3) is 14.5. The highest BCUT2D eigenvalue weighted by Gasteiger charge is 2.35. The van der Waals surface area contributed by atoms with Gasteiger partial charge < -0.3 is 35.2 Å². The molecular weight excluding hydrogens is 931 g/mol. The SMILES string of the molecule is CCOC(=O)c1c(C)cc(=O)[nH]c1O.CCOC(=O)c1c(O)[nH]c(=O)c(N=Nc2ccccc2C(=O)N(C2CCCCC2)C2CCCCC2)c1C.Nc1ccccc1C(=O)N(C1CCCCC1)C1CCCCC1. The van der Waals surface area contributed by atoms with Crippen LogP contribution in [-0.4, -0.2) is 91.1 Å². The zero-order valence-electron chi connectivity index (χ0n) is 43.1. The maximum atomic E-state index is 14.0. The van der Waals surface area contributed by atoms with E-state index < -0.39 is 34.8 Å². The minimum Gasteiger partial charge on any atom is -0.494 e. The van der Waals surface area contributed by atoms with Crippen molar-refractivity contribution < 1.29 is 38.9 Å². The van der Waals surface area contributed by atoms with Crippen LogP contribution < -0.4 is 16.9 Å². The molecule has 2 heterocycles. The number of para-hydroxylation sites is 1. The zero-order valence-corrected chi connectivity index (χ0v) is 43.1. The Morgan fingerprint density at radius 3 is 1.45 bits per heavy atom. The molecular formula is C56H75N7O10. The summed E-state index contributed by atoms with van der Waals surface area (Å²) in [6.45, 7) is 6.70. The lowest BCUT2D eigenvalue weighted by molar-refractivity contribution is 0.0442. The number of carbonyl (C=O) groups is 4. The Hall–Kier alpha value is -6.78. The van der Waals surface area contributed by atoms with Crippen LogP contribution in [0.4, 0.5) is 17.1 Å². The van der Waals surface area contributed by atoms with E-state index in [1.807, 2.05) is 30.3 Å². The normalized spacial score (nSPS) is 16.8. The van der Waals surface area contributed by atoms with E-state index >= 15 is 0 Å². The number of benzene rings is 2. The smallest absolute Gasteiger partial charge is 0.343 e. The number of aryl methyl sites for hydroxylation is 1. The van der Waals surface area contributed by atoms with Gasteiger partial charge in [-0.15, -0.1) is 10.2 Å². The van der Waals surface area contributed by atoms with Crippen LogP contribution in [0.3, 0.4) is 0 Å². The van der Waals surface area contributed by atoms with Gasteiger partial charge in [0.05, 0.1) is 30.0 Å². The predicted octanol–water partition coefficient (Wildman–Crippen LogP) is 11.0. The summed E-state index contributed by atoms with van der Waals surface area (Å²) in [7, 11) is 0. The molecule has 0 spiro atoms. The largest absolute Gasteiger partial charge is 0.494 e. The summed E-state index contributed by atoms with van der Waals surface area (Å²) >= 11 is 0. The molecule has 0 unspecified atom stereocenters. The van der Waals surface area contributed by atoms with Crippen LogP contribution in [0.2, 0.25) is 0 Å².